The number of hydrogen-bond acceptors (Lipinski definition) is 2. The molecule has 1 aliphatic heterocycles. The van der Waals surface area contributed by atoms with E-state index in [0.717, 1.165) is 5.82 Å². The molecule has 0 unspecified atom stereocenters. The van der Waals surface area contributed by atoms with Crippen molar-refractivity contribution in [3.05, 3.63) is 12.3 Å². The average molecular weight is 167 g/mol. The lowest BCUT2D eigenvalue weighted by atomic mass is 10.1. The highest BCUT2D eigenvalue weighted by molar-refractivity contribution is 5.26. The van der Waals surface area contributed by atoms with Crippen molar-refractivity contribution < 1.29 is 5.32 Å². The minimum Gasteiger partial charge on any atom is -0.384 e. The number of aromatic nitrogens is 2. The van der Waals surface area contributed by atoms with Gasteiger partial charge < -0.3 is 11.1 Å². The molecule has 4 N–H and O–H groups in total. The van der Waals surface area contributed by atoms with Crippen LogP contribution in [0.2, 0.25) is 0 Å². The first kappa shape index (κ1) is 7.61. The standard InChI is InChI=1S/C8H14N4/c9-8-3-6-11-12(8)7-1-4-10-5-2-7/h3,6-7,10H,1-2,4-5,9H2/p+1. The van der Waals surface area contributed by atoms with Crippen molar-refractivity contribution >= 4 is 5.82 Å². The van der Waals surface area contributed by atoms with Gasteiger partial charge >= 0.3 is 0 Å². The first-order valence-electron chi connectivity index (χ1n) is 4.48. The molecule has 2 heterocycles. The fraction of sp³-hybridized carbons (Fsp3) is 0.625. The van der Waals surface area contributed by atoms with Gasteiger partial charge in [0.15, 0.2) is 0 Å². The summed E-state index contributed by atoms with van der Waals surface area (Å²) in [5.41, 5.74) is 5.76. The van der Waals surface area contributed by atoms with Crippen molar-refractivity contribution in [2.45, 2.75) is 18.9 Å². The molecule has 12 heavy (non-hydrogen) atoms. The van der Waals surface area contributed by atoms with Gasteiger partial charge in [-0.25, -0.2) is 4.68 Å². The van der Waals surface area contributed by atoms with Gasteiger partial charge in [-0.15, -0.1) is 0 Å². The second-order valence-electron chi connectivity index (χ2n) is 3.30. The van der Waals surface area contributed by atoms with Gasteiger partial charge in [-0.3, -0.25) is 0 Å². The van der Waals surface area contributed by atoms with Crippen LogP contribution in [0.25, 0.3) is 0 Å². The number of nitrogens with zero attached hydrogens (tertiary/aromatic N) is 2. The molecular formula is C8H15N4+. The summed E-state index contributed by atoms with van der Waals surface area (Å²) in [5, 5.41) is 6.56. The molecule has 2 rings (SSSR count). The molecule has 0 aromatic carbocycles. The van der Waals surface area contributed by atoms with Crippen LogP contribution in [0.3, 0.4) is 0 Å². The van der Waals surface area contributed by atoms with E-state index >= 15 is 0 Å². The normalized spacial score (nSPS) is 19.7. The van der Waals surface area contributed by atoms with E-state index in [2.05, 4.69) is 10.4 Å². The van der Waals surface area contributed by atoms with E-state index in [4.69, 9.17) is 5.73 Å². The summed E-state index contributed by atoms with van der Waals surface area (Å²) in [7, 11) is 0. The van der Waals surface area contributed by atoms with Crippen molar-refractivity contribution in [3.63, 3.8) is 0 Å². The number of hydrogen-bond donors (Lipinski definition) is 2. The van der Waals surface area contributed by atoms with E-state index in [0.29, 0.717) is 6.04 Å². The largest absolute Gasteiger partial charge is 0.384 e. The fourth-order valence-electron chi connectivity index (χ4n) is 1.78. The highest BCUT2D eigenvalue weighted by atomic mass is 15.3. The molecule has 1 saturated heterocycles. The van der Waals surface area contributed by atoms with Gasteiger partial charge in [-0.2, -0.15) is 5.10 Å². The molecule has 0 atom stereocenters. The topological polar surface area (TPSA) is 60.4 Å². The lowest BCUT2D eigenvalue weighted by Crippen LogP contribution is -2.86. The van der Waals surface area contributed by atoms with Gasteiger partial charge in [-0.05, 0) is 6.07 Å². The average Bonchev–Trinajstić information content (AvgIpc) is 2.53. The third-order valence-corrected chi connectivity index (χ3v) is 2.45. The summed E-state index contributed by atoms with van der Waals surface area (Å²) >= 11 is 0. The Labute approximate surface area is 71.7 Å². The van der Waals surface area contributed by atoms with Gasteiger partial charge in [-0.1, -0.05) is 0 Å². The highest BCUT2D eigenvalue weighted by Crippen LogP contribution is 2.18. The fourth-order valence-corrected chi connectivity index (χ4v) is 1.78. The van der Waals surface area contributed by atoms with E-state index in [1.54, 1.807) is 6.20 Å². The Morgan fingerprint density at radius 3 is 2.83 bits per heavy atom. The molecular weight excluding hydrogens is 152 g/mol. The van der Waals surface area contributed by atoms with Crippen LogP contribution in [-0.4, -0.2) is 22.9 Å². The third kappa shape index (κ3) is 1.30. The summed E-state index contributed by atoms with van der Waals surface area (Å²) in [4.78, 5) is 0. The Bertz CT molecular complexity index is 249. The van der Waals surface area contributed by atoms with E-state index in [1.807, 2.05) is 10.7 Å². The van der Waals surface area contributed by atoms with Crippen molar-refractivity contribution in [2.75, 3.05) is 18.8 Å². The predicted molar refractivity (Wildman–Crippen MR) is 46.6 cm³/mol. The summed E-state index contributed by atoms with van der Waals surface area (Å²) in [6.45, 7) is 2.40. The monoisotopic (exact) mass is 167 g/mol. The van der Waals surface area contributed by atoms with Gasteiger partial charge in [0.1, 0.15) is 5.82 Å². The highest BCUT2D eigenvalue weighted by Gasteiger charge is 2.18. The zero-order chi connectivity index (χ0) is 8.39. The van der Waals surface area contributed by atoms with E-state index in [9.17, 15) is 0 Å². The molecule has 1 fully saturated rings. The molecule has 4 heteroatoms. The van der Waals surface area contributed by atoms with E-state index in [1.165, 1.54) is 25.9 Å². The molecule has 1 aromatic rings. The van der Waals surface area contributed by atoms with E-state index < -0.39 is 0 Å². The van der Waals surface area contributed by atoms with Crippen LogP contribution in [0.5, 0.6) is 0 Å². The predicted octanol–water partition coefficient (Wildman–Crippen LogP) is -0.636. The quantitative estimate of drug-likeness (QED) is 0.584. The number of piperidine rings is 1. The molecule has 0 spiro atoms. The second-order valence-corrected chi connectivity index (χ2v) is 3.30. The molecule has 0 radical (unpaired) electrons. The van der Waals surface area contributed by atoms with Crippen molar-refractivity contribution in [2.24, 2.45) is 0 Å². The van der Waals surface area contributed by atoms with Crippen LogP contribution >= 0.6 is 0 Å². The zero-order valence-corrected chi connectivity index (χ0v) is 7.11. The SMILES string of the molecule is Nc1ccnn1C1CC[NH2+]CC1. The van der Waals surface area contributed by atoms with Crippen LogP contribution in [0.1, 0.15) is 18.9 Å². The lowest BCUT2D eigenvalue weighted by Gasteiger charge is -2.21. The summed E-state index contributed by atoms with van der Waals surface area (Å²) in [6, 6.07) is 2.39. The van der Waals surface area contributed by atoms with Gasteiger partial charge in [0.25, 0.3) is 0 Å². The number of nitrogens with two attached hydrogens (primary N) is 2. The molecule has 0 bridgehead atoms. The Morgan fingerprint density at radius 2 is 2.25 bits per heavy atom. The van der Waals surface area contributed by atoms with Crippen LogP contribution in [0, 0.1) is 0 Å². The maximum absolute atomic E-state index is 5.76. The minimum absolute atomic E-state index is 0.532. The molecule has 4 nitrogen and oxygen atoms in total. The lowest BCUT2D eigenvalue weighted by molar-refractivity contribution is -0.664. The molecule has 1 aromatic heterocycles. The maximum atomic E-state index is 5.76. The maximum Gasteiger partial charge on any atom is 0.121 e. The molecule has 0 amide bonds. The van der Waals surface area contributed by atoms with Crippen molar-refractivity contribution in [1.82, 2.24) is 9.78 Å². The van der Waals surface area contributed by atoms with Gasteiger partial charge in [0.2, 0.25) is 0 Å². The van der Waals surface area contributed by atoms with Crippen LogP contribution in [0.15, 0.2) is 12.3 Å². The minimum atomic E-state index is 0.532. The summed E-state index contributed by atoms with van der Waals surface area (Å²) in [5.74, 6) is 0.793. The number of rotatable bonds is 1. The molecule has 0 aliphatic carbocycles. The number of anilines is 1. The van der Waals surface area contributed by atoms with Crippen LogP contribution < -0.4 is 11.1 Å². The smallest absolute Gasteiger partial charge is 0.121 e. The van der Waals surface area contributed by atoms with Crippen LogP contribution in [-0.2, 0) is 0 Å². The first-order valence-corrected chi connectivity index (χ1v) is 4.48. The van der Waals surface area contributed by atoms with Crippen molar-refractivity contribution in [3.8, 4) is 0 Å². The summed E-state index contributed by atoms with van der Waals surface area (Å²) in [6.07, 6.45) is 4.14. The van der Waals surface area contributed by atoms with Gasteiger partial charge in [0.05, 0.1) is 25.3 Å². The van der Waals surface area contributed by atoms with Crippen LogP contribution in [0.4, 0.5) is 5.82 Å². The van der Waals surface area contributed by atoms with E-state index in [-0.39, 0.29) is 0 Å². The Kier molecular flexibility index (Phi) is 1.99. The number of quaternary nitrogens is 1. The third-order valence-electron chi connectivity index (χ3n) is 2.45. The molecule has 1 aliphatic rings. The molecule has 0 saturated carbocycles. The second kappa shape index (κ2) is 3.15. The summed E-state index contributed by atoms with van der Waals surface area (Å²) < 4.78 is 1.95. The number of nitrogen functional groups attached to an aromatic ring is 1. The Balaban J connectivity index is 2.13. The first-order chi connectivity index (χ1) is 5.88. The van der Waals surface area contributed by atoms with Crippen molar-refractivity contribution in [1.29, 1.82) is 0 Å². The molecule has 66 valence electrons. The Morgan fingerprint density at radius 1 is 1.50 bits per heavy atom. The van der Waals surface area contributed by atoms with Gasteiger partial charge in [0, 0.05) is 12.8 Å². The zero-order valence-electron chi connectivity index (χ0n) is 7.11. The Hall–Kier alpha value is -1.03.